The molecule has 2 saturated carbocycles. The molecular formula is C15H25N3O. The predicted molar refractivity (Wildman–Crippen MR) is 74.3 cm³/mol. The largest absolute Gasteiger partial charge is 0.337 e. The molecule has 1 N–H and O–H groups in total. The summed E-state index contributed by atoms with van der Waals surface area (Å²) in [5.41, 5.74) is -0.663. The molecule has 2 aliphatic rings. The van der Waals surface area contributed by atoms with Crippen LogP contribution in [-0.4, -0.2) is 35.5 Å². The average molecular weight is 263 g/mol. The lowest BCUT2D eigenvalue weighted by Crippen LogP contribution is -2.50. The highest BCUT2D eigenvalue weighted by molar-refractivity contribution is 5.79. The first kappa shape index (κ1) is 14.3. The Morgan fingerprint density at radius 1 is 1.42 bits per heavy atom. The van der Waals surface area contributed by atoms with Gasteiger partial charge in [-0.1, -0.05) is 13.8 Å². The molecule has 0 aromatic heterocycles. The van der Waals surface area contributed by atoms with Gasteiger partial charge in [0.05, 0.1) is 12.6 Å². The monoisotopic (exact) mass is 263 g/mol. The Balaban J connectivity index is 1.86. The van der Waals surface area contributed by atoms with Crippen LogP contribution in [0.1, 0.15) is 46.5 Å². The maximum absolute atomic E-state index is 12.2. The van der Waals surface area contributed by atoms with Crippen LogP contribution in [0, 0.1) is 23.2 Å². The summed E-state index contributed by atoms with van der Waals surface area (Å²) < 4.78 is 0. The molecule has 0 radical (unpaired) electrons. The third-order valence-electron chi connectivity index (χ3n) is 4.03. The molecule has 2 aliphatic carbocycles. The van der Waals surface area contributed by atoms with E-state index in [1.54, 1.807) is 0 Å². The molecule has 4 heteroatoms. The number of nitrogens with zero attached hydrogens (tertiary/aromatic N) is 2. The van der Waals surface area contributed by atoms with E-state index in [1.807, 2.05) is 6.92 Å². The summed E-state index contributed by atoms with van der Waals surface area (Å²) in [5, 5.41) is 12.2. The topological polar surface area (TPSA) is 56.1 Å². The van der Waals surface area contributed by atoms with E-state index in [0.29, 0.717) is 24.4 Å². The van der Waals surface area contributed by atoms with Gasteiger partial charge in [0, 0.05) is 12.6 Å². The Morgan fingerprint density at radius 2 is 2.05 bits per heavy atom. The maximum Gasteiger partial charge on any atom is 0.235 e. The van der Waals surface area contributed by atoms with Crippen molar-refractivity contribution in [2.24, 2.45) is 11.8 Å². The maximum atomic E-state index is 12.2. The first-order chi connectivity index (χ1) is 8.94. The highest BCUT2D eigenvalue weighted by Crippen LogP contribution is 2.39. The third kappa shape index (κ3) is 3.94. The van der Waals surface area contributed by atoms with Crippen molar-refractivity contribution in [2.45, 2.75) is 58.0 Å². The molecule has 0 aromatic rings. The van der Waals surface area contributed by atoms with Crippen molar-refractivity contribution in [1.82, 2.24) is 10.2 Å². The molecule has 1 unspecified atom stereocenters. The van der Waals surface area contributed by atoms with Gasteiger partial charge in [-0.05, 0) is 44.4 Å². The van der Waals surface area contributed by atoms with E-state index in [9.17, 15) is 10.1 Å². The SMILES string of the molecule is CC(C)CN(CC(=O)NC(C)(C#N)C1CC1)C1CC1. The van der Waals surface area contributed by atoms with Crippen molar-refractivity contribution in [3.63, 3.8) is 0 Å². The van der Waals surface area contributed by atoms with Crippen LogP contribution in [0.5, 0.6) is 0 Å². The predicted octanol–water partition coefficient (Wildman–Crippen LogP) is 1.92. The number of hydrogen-bond acceptors (Lipinski definition) is 3. The lowest BCUT2D eigenvalue weighted by atomic mass is 9.98. The summed E-state index contributed by atoms with van der Waals surface area (Å²) in [4.78, 5) is 14.4. The smallest absolute Gasteiger partial charge is 0.235 e. The molecule has 1 atom stereocenters. The summed E-state index contributed by atoms with van der Waals surface area (Å²) >= 11 is 0. The van der Waals surface area contributed by atoms with E-state index in [0.717, 1.165) is 19.4 Å². The van der Waals surface area contributed by atoms with Gasteiger partial charge in [-0.15, -0.1) is 0 Å². The van der Waals surface area contributed by atoms with Crippen LogP contribution in [0.3, 0.4) is 0 Å². The Labute approximate surface area is 116 Å². The molecule has 0 aliphatic heterocycles. The molecule has 0 heterocycles. The van der Waals surface area contributed by atoms with Gasteiger partial charge in [0.15, 0.2) is 0 Å². The summed E-state index contributed by atoms with van der Waals surface area (Å²) in [5.74, 6) is 0.920. The van der Waals surface area contributed by atoms with E-state index >= 15 is 0 Å². The van der Waals surface area contributed by atoms with Crippen molar-refractivity contribution >= 4 is 5.91 Å². The molecule has 2 rings (SSSR count). The van der Waals surface area contributed by atoms with E-state index in [-0.39, 0.29) is 5.91 Å². The fourth-order valence-electron chi connectivity index (χ4n) is 2.65. The molecule has 0 saturated heterocycles. The van der Waals surface area contributed by atoms with Crippen molar-refractivity contribution < 1.29 is 4.79 Å². The van der Waals surface area contributed by atoms with Crippen molar-refractivity contribution in [3.8, 4) is 6.07 Å². The number of carbonyl (C=O) groups excluding carboxylic acids is 1. The molecule has 1 amide bonds. The van der Waals surface area contributed by atoms with E-state index in [2.05, 4.69) is 30.1 Å². The zero-order chi connectivity index (χ0) is 14.0. The van der Waals surface area contributed by atoms with E-state index in [4.69, 9.17) is 0 Å². The molecule has 0 bridgehead atoms. The quantitative estimate of drug-likeness (QED) is 0.763. The van der Waals surface area contributed by atoms with Gasteiger partial charge >= 0.3 is 0 Å². The molecule has 2 fully saturated rings. The second kappa shape index (κ2) is 5.50. The zero-order valence-electron chi connectivity index (χ0n) is 12.3. The lowest BCUT2D eigenvalue weighted by molar-refractivity contribution is -0.123. The minimum atomic E-state index is -0.663. The number of rotatable bonds is 7. The number of nitriles is 1. The van der Waals surface area contributed by atoms with Crippen LogP contribution < -0.4 is 5.32 Å². The molecule has 0 aromatic carbocycles. The van der Waals surface area contributed by atoms with Crippen LogP contribution in [0.15, 0.2) is 0 Å². The minimum Gasteiger partial charge on any atom is -0.337 e. The van der Waals surface area contributed by atoms with Gasteiger partial charge in [-0.25, -0.2) is 0 Å². The Bertz CT molecular complexity index is 379. The first-order valence-electron chi connectivity index (χ1n) is 7.41. The molecular weight excluding hydrogens is 238 g/mol. The van der Waals surface area contributed by atoms with Gasteiger partial charge in [-0.2, -0.15) is 5.26 Å². The van der Waals surface area contributed by atoms with Gasteiger partial charge in [-0.3, -0.25) is 9.69 Å². The summed E-state index contributed by atoms with van der Waals surface area (Å²) in [7, 11) is 0. The second-order valence-electron chi connectivity index (χ2n) is 6.69. The lowest BCUT2D eigenvalue weighted by Gasteiger charge is -2.27. The van der Waals surface area contributed by atoms with Crippen LogP contribution in [0.2, 0.25) is 0 Å². The number of carbonyl (C=O) groups is 1. The van der Waals surface area contributed by atoms with Crippen molar-refractivity contribution in [1.29, 1.82) is 5.26 Å². The zero-order valence-corrected chi connectivity index (χ0v) is 12.3. The number of nitrogens with one attached hydrogen (secondary N) is 1. The molecule has 106 valence electrons. The normalized spacial score (nSPS) is 22.1. The van der Waals surface area contributed by atoms with Gasteiger partial charge < -0.3 is 5.32 Å². The van der Waals surface area contributed by atoms with E-state index in [1.165, 1.54) is 12.8 Å². The Kier molecular flexibility index (Phi) is 4.15. The fraction of sp³-hybridized carbons (Fsp3) is 0.867. The summed E-state index contributed by atoms with van der Waals surface area (Å²) in [6.45, 7) is 7.61. The summed E-state index contributed by atoms with van der Waals surface area (Å²) in [6.07, 6.45) is 4.53. The Hall–Kier alpha value is -1.08. The minimum absolute atomic E-state index is 0.00324. The van der Waals surface area contributed by atoms with E-state index < -0.39 is 5.54 Å². The average Bonchev–Trinajstić information content (AvgIpc) is 3.18. The highest BCUT2D eigenvalue weighted by atomic mass is 16.2. The molecule has 19 heavy (non-hydrogen) atoms. The van der Waals surface area contributed by atoms with Crippen LogP contribution in [0.4, 0.5) is 0 Å². The number of hydrogen-bond donors (Lipinski definition) is 1. The van der Waals surface area contributed by atoms with Gasteiger partial charge in [0.25, 0.3) is 0 Å². The summed E-state index contributed by atoms with van der Waals surface area (Å²) in [6, 6.07) is 2.87. The highest BCUT2D eigenvalue weighted by Gasteiger charge is 2.43. The number of amides is 1. The fourth-order valence-corrected chi connectivity index (χ4v) is 2.65. The third-order valence-corrected chi connectivity index (χ3v) is 4.03. The van der Waals surface area contributed by atoms with Crippen molar-refractivity contribution in [3.05, 3.63) is 0 Å². The van der Waals surface area contributed by atoms with Gasteiger partial charge in [0.1, 0.15) is 5.54 Å². The van der Waals surface area contributed by atoms with Crippen LogP contribution in [0.25, 0.3) is 0 Å². The standard InChI is InChI=1S/C15H25N3O/c1-11(2)8-18(13-6-7-13)9-14(19)17-15(3,10-16)12-4-5-12/h11-13H,4-9H2,1-3H3,(H,17,19). The van der Waals surface area contributed by atoms with Crippen LogP contribution >= 0.6 is 0 Å². The first-order valence-corrected chi connectivity index (χ1v) is 7.41. The van der Waals surface area contributed by atoms with Crippen molar-refractivity contribution in [2.75, 3.05) is 13.1 Å². The molecule has 4 nitrogen and oxygen atoms in total. The molecule has 0 spiro atoms. The Morgan fingerprint density at radius 3 is 2.47 bits per heavy atom. The second-order valence-corrected chi connectivity index (χ2v) is 6.69. The van der Waals surface area contributed by atoms with Gasteiger partial charge in [0.2, 0.25) is 5.91 Å². The van der Waals surface area contributed by atoms with Crippen LogP contribution in [-0.2, 0) is 4.79 Å².